The number of hydrogen-bond donors (Lipinski definition) is 1. The number of cyclic esters (lactones) is 1. The van der Waals surface area contributed by atoms with E-state index in [-0.39, 0.29) is 12.1 Å². The van der Waals surface area contributed by atoms with Gasteiger partial charge in [-0.1, -0.05) is 11.6 Å². The molecule has 2 aromatic rings. The van der Waals surface area contributed by atoms with Crippen LogP contribution in [0.4, 0.5) is 0 Å². The van der Waals surface area contributed by atoms with Crippen LogP contribution in [-0.2, 0) is 11.2 Å². The van der Waals surface area contributed by atoms with E-state index < -0.39 is 0 Å². The second-order valence-electron chi connectivity index (χ2n) is 4.09. The highest BCUT2D eigenvalue weighted by Crippen LogP contribution is 2.30. The molecule has 1 atom stereocenters. The van der Waals surface area contributed by atoms with Gasteiger partial charge in [0, 0.05) is 22.3 Å². The van der Waals surface area contributed by atoms with Crippen molar-refractivity contribution < 1.29 is 9.53 Å². The van der Waals surface area contributed by atoms with Crippen LogP contribution in [0.1, 0.15) is 23.0 Å². The zero-order valence-electron chi connectivity index (χ0n) is 8.71. The summed E-state index contributed by atoms with van der Waals surface area (Å²) in [6.45, 7) is 1.89. The number of nitrogens with one attached hydrogen (secondary N) is 1. The Kier molecular flexibility index (Phi) is 1.98. The van der Waals surface area contributed by atoms with E-state index in [1.165, 1.54) is 0 Å². The molecule has 82 valence electrons. The van der Waals surface area contributed by atoms with Crippen LogP contribution in [0.25, 0.3) is 10.9 Å². The Labute approximate surface area is 97.4 Å². The lowest BCUT2D eigenvalue weighted by molar-refractivity contribution is 0.0296. The quantitative estimate of drug-likeness (QED) is 0.714. The molecule has 1 aromatic carbocycles. The third-order valence-electron chi connectivity index (χ3n) is 2.87. The van der Waals surface area contributed by atoms with Gasteiger partial charge in [-0.25, -0.2) is 4.79 Å². The monoisotopic (exact) mass is 235 g/mol. The fraction of sp³-hybridized carbons (Fsp3) is 0.250. The first-order chi connectivity index (χ1) is 7.65. The molecule has 16 heavy (non-hydrogen) atoms. The van der Waals surface area contributed by atoms with E-state index >= 15 is 0 Å². The molecule has 0 fully saturated rings. The Morgan fingerprint density at radius 2 is 2.31 bits per heavy atom. The Balaban J connectivity index is 2.31. The number of ether oxygens (including phenoxy) is 1. The predicted octanol–water partition coefficient (Wildman–Crippen LogP) is 2.92. The topological polar surface area (TPSA) is 42.1 Å². The van der Waals surface area contributed by atoms with E-state index in [0.29, 0.717) is 10.7 Å². The maximum atomic E-state index is 11.7. The molecule has 1 aliphatic rings. The second kappa shape index (κ2) is 3.25. The van der Waals surface area contributed by atoms with Gasteiger partial charge in [0.05, 0.1) is 0 Å². The van der Waals surface area contributed by atoms with Crippen LogP contribution >= 0.6 is 11.6 Å². The van der Waals surface area contributed by atoms with Crippen molar-refractivity contribution in [3.63, 3.8) is 0 Å². The molecule has 3 nitrogen and oxygen atoms in total. The second-order valence-corrected chi connectivity index (χ2v) is 4.52. The molecular formula is C12H10ClNO2. The van der Waals surface area contributed by atoms with Crippen LogP contribution in [0.5, 0.6) is 0 Å². The van der Waals surface area contributed by atoms with E-state index in [1.807, 2.05) is 19.1 Å². The summed E-state index contributed by atoms with van der Waals surface area (Å²) in [6, 6.07) is 5.58. The lowest BCUT2D eigenvalue weighted by Crippen LogP contribution is -2.24. The van der Waals surface area contributed by atoms with E-state index in [0.717, 1.165) is 22.9 Å². The Bertz CT molecular complexity index is 588. The largest absolute Gasteiger partial charge is 0.458 e. The van der Waals surface area contributed by atoms with Gasteiger partial charge in [0.1, 0.15) is 11.8 Å². The van der Waals surface area contributed by atoms with E-state index in [1.54, 1.807) is 6.07 Å². The van der Waals surface area contributed by atoms with Crippen molar-refractivity contribution in [3.05, 3.63) is 34.5 Å². The minimum Gasteiger partial charge on any atom is -0.458 e. The van der Waals surface area contributed by atoms with Crippen molar-refractivity contribution in [3.8, 4) is 0 Å². The van der Waals surface area contributed by atoms with E-state index in [4.69, 9.17) is 16.3 Å². The minimum atomic E-state index is -0.277. The molecule has 0 radical (unpaired) electrons. The Morgan fingerprint density at radius 3 is 3.12 bits per heavy atom. The molecule has 0 saturated carbocycles. The third kappa shape index (κ3) is 1.32. The van der Waals surface area contributed by atoms with Crippen LogP contribution in [-0.4, -0.2) is 17.1 Å². The van der Waals surface area contributed by atoms with Crippen molar-refractivity contribution in [2.45, 2.75) is 19.4 Å². The summed E-state index contributed by atoms with van der Waals surface area (Å²) in [4.78, 5) is 14.7. The highest BCUT2D eigenvalue weighted by molar-refractivity contribution is 6.31. The van der Waals surface area contributed by atoms with Crippen LogP contribution in [0.15, 0.2) is 18.2 Å². The van der Waals surface area contributed by atoms with Crippen molar-refractivity contribution in [1.29, 1.82) is 0 Å². The SMILES string of the molecule is CC1Cc2c([nH]c3ccc(Cl)cc23)C(=O)O1. The van der Waals surface area contributed by atoms with Gasteiger partial charge in [-0.15, -0.1) is 0 Å². The standard InChI is InChI=1S/C12H10ClNO2/c1-6-4-9-8-5-7(13)2-3-10(8)14-11(9)12(15)16-6/h2-3,5-6,14H,4H2,1H3. The molecular weight excluding hydrogens is 226 g/mol. The maximum Gasteiger partial charge on any atom is 0.355 e. The normalized spacial score (nSPS) is 19.6. The first-order valence-corrected chi connectivity index (χ1v) is 5.54. The number of carbonyl (C=O) groups excluding carboxylic acids is 1. The van der Waals surface area contributed by atoms with Gasteiger partial charge in [-0.3, -0.25) is 0 Å². The van der Waals surface area contributed by atoms with Crippen molar-refractivity contribution in [2.24, 2.45) is 0 Å². The number of carbonyl (C=O) groups is 1. The molecule has 4 heteroatoms. The molecule has 0 amide bonds. The van der Waals surface area contributed by atoms with Gasteiger partial charge in [-0.05, 0) is 30.7 Å². The summed E-state index contributed by atoms with van der Waals surface area (Å²) < 4.78 is 5.17. The number of H-pyrrole nitrogens is 1. The predicted molar refractivity (Wildman–Crippen MR) is 61.9 cm³/mol. The van der Waals surface area contributed by atoms with Gasteiger partial charge in [0.15, 0.2) is 0 Å². The van der Waals surface area contributed by atoms with Crippen molar-refractivity contribution in [2.75, 3.05) is 0 Å². The number of aromatic nitrogens is 1. The number of hydrogen-bond acceptors (Lipinski definition) is 2. The minimum absolute atomic E-state index is 0.0713. The van der Waals surface area contributed by atoms with Crippen molar-refractivity contribution in [1.82, 2.24) is 4.98 Å². The summed E-state index contributed by atoms with van der Waals surface area (Å²) >= 11 is 5.96. The highest BCUT2D eigenvalue weighted by Gasteiger charge is 2.27. The zero-order chi connectivity index (χ0) is 11.3. The molecule has 3 rings (SSSR count). The molecule has 0 saturated heterocycles. The highest BCUT2D eigenvalue weighted by atomic mass is 35.5. The molecule has 1 aromatic heterocycles. The number of esters is 1. The number of halogens is 1. The van der Waals surface area contributed by atoms with E-state index in [2.05, 4.69) is 4.98 Å². The summed E-state index contributed by atoms with van der Waals surface area (Å²) in [7, 11) is 0. The average Bonchev–Trinajstić information content (AvgIpc) is 2.57. The average molecular weight is 236 g/mol. The summed E-state index contributed by atoms with van der Waals surface area (Å²) in [5.41, 5.74) is 2.51. The van der Waals surface area contributed by atoms with Gasteiger partial charge in [0.25, 0.3) is 0 Å². The summed E-state index contributed by atoms with van der Waals surface area (Å²) in [6.07, 6.45) is 0.666. The summed E-state index contributed by atoms with van der Waals surface area (Å²) in [5, 5.41) is 1.70. The number of aromatic amines is 1. The fourth-order valence-electron chi connectivity index (χ4n) is 2.18. The molecule has 1 aliphatic heterocycles. The number of fused-ring (bicyclic) bond motifs is 3. The first kappa shape index (κ1) is 9.73. The van der Waals surface area contributed by atoms with Gasteiger partial charge in [0.2, 0.25) is 0 Å². The number of benzene rings is 1. The fourth-order valence-corrected chi connectivity index (χ4v) is 2.35. The first-order valence-electron chi connectivity index (χ1n) is 5.16. The summed E-state index contributed by atoms with van der Waals surface area (Å²) in [5.74, 6) is -0.277. The van der Waals surface area contributed by atoms with Gasteiger partial charge >= 0.3 is 5.97 Å². The van der Waals surface area contributed by atoms with Crippen LogP contribution in [0, 0.1) is 0 Å². The molecule has 0 aliphatic carbocycles. The van der Waals surface area contributed by atoms with Gasteiger partial charge in [-0.2, -0.15) is 0 Å². The van der Waals surface area contributed by atoms with E-state index in [9.17, 15) is 4.79 Å². The molecule has 0 bridgehead atoms. The molecule has 0 spiro atoms. The Hall–Kier alpha value is -1.48. The lowest BCUT2D eigenvalue weighted by atomic mass is 10.0. The smallest absolute Gasteiger partial charge is 0.355 e. The Morgan fingerprint density at radius 1 is 1.50 bits per heavy atom. The van der Waals surface area contributed by atoms with Crippen LogP contribution < -0.4 is 0 Å². The lowest BCUT2D eigenvalue weighted by Gasteiger charge is -2.18. The molecule has 1 unspecified atom stereocenters. The molecule has 2 heterocycles. The third-order valence-corrected chi connectivity index (χ3v) is 3.11. The van der Waals surface area contributed by atoms with Gasteiger partial charge < -0.3 is 9.72 Å². The number of rotatable bonds is 0. The van der Waals surface area contributed by atoms with Crippen molar-refractivity contribution >= 4 is 28.5 Å². The molecule has 1 N–H and O–H groups in total. The maximum absolute atomic E-state index is 11.7. The zero-order valence-corrected chi connectivity index (χ0v) is 9.47. The van der Waals surface area contributed by atoms with Crippen LogP contribution in [0.2, 0.25) is 5.02 Å². The van der Waals surface area contributed by atoms with Crippen LogP contribution in [0.3, 0.4) is 0 Å².